The molecule has 0 fully saturated rings. The third-order valence-corrected chi connectivity index (χ3v) is 3.83. The topological polar surface area (TPSA) is 85.1 Å². The molecule has 0 unspecified atom stereocenters. The number of anilines is 1. The number of nitro groups is 1. The van der Waals surface area contributed by atoms with Crippen LogP contribution in [-0.2, 0) is 0 Å². The average molecular weight is 299 g/mol. The summed E-state index contributed by atoms with van der Waals surface area (Å²) in [6.07, 6.45) is 1.63. The molecule has 2 heterocycles. The van der Waals surface area contributed by atoms with Crippen molar-refractivity contribution in [1.29, 1.82) is 0 Å². The molecule has 0 saturated heterocycles. The van der Waals surface area contributed by atoms with Crippen LogP contribution in [0.25, 0.3) is 10.9 Å². The fraction of sp³-hybridized carbons (Fsp3) is 0. The summed E-state index contributed by atoms with van der Waals surface area (Å²) in [6.45, 7) is 0. The maximum absolute atomic E-state index is 12.2. The van der Waals surface area contributed by atoms with Gasteiger partial charge in [0.1, 0.15) is 0 Å². The van der Waals surface area contributed by atoms with Gasteiger partial charge in [-0.2, -0.15) is 0 Å². The highest BCUT2D eigenvalue weighted by Gasteiger charge is 2.22. The molecule has 7 heteroatoms. The van der Waals surface area contributed by atoms with Crippen molar-refractivity contribution in [2.75, 3.05) is 5.32 Å². The number of nitrogens with one attached hydrogen (secondary N) is 1. The minimum atomic E-state index is -0.563. The van der Waals surface area contributed by atoms with Gasteiger partial charge in [-0.3, -0.25) is 19.9 Å². The third-order valence-electron chi connectivity index (χ3n) is 2.93. The number of hydrogen-bond donors (Lipinski definition) is 1. The van der Waals surface area contributed by atoms with Crippen molar-refractivity contribution in [3.05, 3.63) is 63.0 Å². The lowest BCUT2D eigenvalue weighted by Gasteiger charge is -2.06. The monoisotopic (exact) mass is 299 g/mol. The fourth-order valence-corrected chi connectivity index (χ4v) is 2.75. The molecule has 104 valence electrons. The normalized spacial score (nSPS) is 10.5. The van der Waals surface area contributed by atoms with E-state index >= 15 is 0 Å². The molecule has 0 aliphatic rings. The van der Waals surface area contributed by atoms with Gasteiger partial charge in [0.25, 0.3) is 11.6 Å². The lowest BCUT2D eigenvalue weighted by atomic mass is 10.2. The minimum Gasteiger partial charge on any atom is -0.319 e. The first kappa shape index (κ1) is 13.2. The maximum atomic E-state index is 12.2. The Morgan fingerprint density at radius 3 is 2.86 bits per heavy atom. The highest BCUT2D eigenvalue weighted by molar-refractivity contribution is 7.12. The zero-order valence-electron chi connectivity index (χ0n) is 10.6. The van der Waals surface area contributed by atoms with Crippen LogP contribution in [0.1, 0.15) is 9.67 Å². The summed E-state index contributed by atoms with van der Waals surface area (Å²) in [7, 11) is 0. The summed E-state index contributed by atoms with van der Waals surface area (Å²) >= 11 is 1.04. The predicted octanol–water partition coefficient (Wildman–Crippen LogP) is 3.46. The molecule has 1 N–H and O–H groups in total. The first-order valence-electron chi connectivity index (χ1n) is 6.04. The summed E-state index contributed by atoms with van der Waals surface area (Å²) in [5, 5.41) is 16.0. The number of carbonyl (C=O) groups excluding carboxylic acids is 1. The van der Waals surface area contributed by atoms with E-state index in [0.717, 1.165) is 16.7 Å². The Morgan fingerprint density at radius 1 is 1.24 bits per heavy atom. The minimum absolute atomic E-state index is 0.0768. The highest BCUT2D eigenvalue weighted by atomic mass is 32.1. The lowest BCUT2D eigenvalue weighted by Crippen LogP contribution is -2.12. The summed E-state index contributed by atoms with van der Waals surface area (Å²) in [6, 6.07) is 10.4. The Kier molecular flexibility index (Phi) is 3.33. The van der Waals surface area contributed by atoms with Crippen LogP contribution in [0.2, 0.25) is 0 Å². The molecule has 0 bridgehead atoms. The van der Waals surface area contributed by atoms with E-state index in [4.69, 9.17) is 0 Å². The molecule has 1 amide bonds. The van der Waals surface area contributed by atoms with Crippen molar-refractivity contribution in [3.63, 3.8) is 0 Å². The summed E-state index contributed by atoms with van der Waals surface area (Å²) < 4.78 is 0. The lowest BCUT2D eigenvalue weighted by molar-refractivity contribution is -0.384. The van der Waals surface area contributed by atoms with Crippen molar-refractivity contribution >= 4 is 39.5 Å². The average Bonchev–Trinajstić information content (AvgIpc) is 2.97. The Bertz CT molecular complexity index is 839. The Morgan fingerprint density at radius 2 is 2.05 bits per heavy atom. The van der Waals surface area contributed by atoms with Crippen molar-refractivity contribution in [3.8, 4) is 0 Å². The molecule has 6 nitrogen and oxygen atoms in total. The molecule has 2 aromatic heterocycles. The van der Waals surface area contributed by atoms with Crippen LogP contribution in [0.5, 0.6) is 0 Å². The second-order valence-corrected chi connectivity index (χ2v) is 5.14. The Hall–Kier alpha value is -2.80. The largest absolute Gasteiger partial charge is 0.319 e. The molecular weight excluding hydrogens is 290 g/mol. The van der Waals surface area contributed by atoms with Gasteiger partial charge < -0.3 is 5.32 Å². The highest BCUT2D eigenvalue weighted by Crippen LogP contribution is 2.27. The number of para-hydroxylation sites is 1. The Balaban J connectivity index is 1.97. The van der Waals surface area contributed by atoms with Gasteiger partial charge in [-0.15, -0.1) is 11.3 Å². The molecule has 0 spiro atoms. The number of rotatable bonds is 3. The number of aromatic nitrogens is 1. The second kappa shape index (κ2) is 5.29. The van der Waals surface area contributed by atoms with Crippen LogP contribution >= 0.6 is 11.3 Å². The number of carbonyl (C=O) groups is 1. The van der Waals surface area contributed by atoms with Gasteiger partial charge in [-0.25, -0.2) is 0 Å². The molecule has 0 aliphatic heterocycles. The van der Waals surface area contributed by atoms with Gasteiger partial charge in [0, 0.05) is 17.6 Å². The molecular formula is C14H9N3O3S. The van der Waals surface area contributed by atoms with Crippen molar-refractivity contribution < 1.29 is 9.72 Å². The van der Waals surface area contributed by atoms with E-state index in [9.17, 15) is 14.9 Å². The Labute approximate surface area is 123 Å². The molecule has 3 aromatic rings. The van der Waals surface area contributed by atoms with Crippen molar-refractivity contribution in [2.24, 2.45) is 0 Å². The van der Waals surface area contributed by atoms with Crippen LogP contribution in [0.3, 0.4) is 0 Å². The van der Waals surface area contributed by atoms with Crippen LogP contribution < -0.4 is 5.32 Å². The predicted molar refractivity (Wildman–Crippen MR) is 80.7 cm³/mol. The first-order chi connectivity index (χ1) is 10.2. The summed E-state index contributed by atoms with van der Waals surface area (Å²) in [4.78, 5) is 26.8. The number of hydrogen-bond acceptors (Lipinski definition) is 5. The summed E-state index contributed by atoms with van der Waals surface area (Å²) in [5.74, 6) is -0.505. The van der Waals surface area contributed by atoms with Gasteiger partial charge in [0.15, 0.2) is 4.88 Å². The molecule has 0 radical (unpaired) electrons. The SMILES string of the molecule is O=C(Nc1cccc2cccnc12)c1sccc1[N+](=O)[O-]. The smallest absolute Gasteiger partial charge is 0.292 e. The second-order valence-electron chi connectivity index (χ2n) is 4.23. The van der Waals surface area contributed by atoms with Crippen LogP contribution in [-0.4, -0.2) is 15.8 Å². The molecule has 0 aliphatic carbocycles. The summed E-state index contributed by atoms with van der Waals surface area (Å²) in [5.41, 5.74) is 0.985. The quantitative estimate of drug-likeness (QED) is 0.593. The molecule has 0 atom stereocenters. The van der Waals surface area contributed by atoms with Gasteiger partial charge >= 0.3 is 0 Å². The van der Waals surface area contributed by atoms with Crippen LogP contribution in [0, 0.1) is 10.1 Å². The maximum Gasteiger partial charge on any atom is 0.292 e. The van der Waals surface area contributed by atoms with E-state index in [1.54, 1.807) is 24.4 Å². The first-order valence-corrected chi connectivity index (χ1v) is 6.92. The molecule has 21 heavy (non-hydrogen) atoms. The number of thiophene rings is 1. The van der Waals surface area contributed by atoms with E-state index < -0.39 is 10.8 Å². The number of amides is 1. The van der Waals surface area contributed by atoms with Crippen molar-refractivity contribution in [1.82, 2.24) is 4.98 Å². The van der Waals surface area contributed by atoms with Gasteiger partial charge in [0.2, 0.25) is 0 Å². The van der Waals surface area contributed by atoms with E-state index in [1.807, 2.05) is 12.1 Å². The number of fused-ring (bicyclic) bond motifs is 1. The van der Waals surface area contributed by atoms with Gasteiger partial charge in [-0.1, -0.05) is 18.2 Å². The molecule has 1 aromatic carbocycles. The molecule has 0 saturated carbocycles. The number of benzene rings is 1. The number of pyridine rings is 1. The fourth-order valence-electron chi connectivity index (χ4n) is 2.00. The van der Waals surface area contributed by atoms with E-state index in [-0.39, 0.29) is 10.6 Å². The van der Waals surface area contributed by atoms with Crippen LogP contribution in [0.15, 0.2) is 48.0 Å². The van der Waals surface area contributed by atoms with Crippen LogP contribution in [0.4, 0.5) is 11.4 Å². The van der Waals surface area contributed by atoms with Gasteiger partial charge in [-0.05, 0) is 17.5 Å². The van der Waals surface area contributed by atoms with Crippen molar-refractivity contribution in [2.45, 2.75) is 0 Å². The van der Waals surface area contributed by atoms with E-state index in [1.165, 1.54) is 11.4 Å². The van der Waals surface area contributed by atoms with E-state index in [2.05, 4.69) is 10.3 Å². The zero-order valence-corrected chi connectivity index (χ0v) is 11.5. The number of nitrogens with zero attached hydrogens (tertiary/aromatic N) is 2. The standard InChI is InChI=1S/C14H9N3O3S/c18-14(13-11(17(19)20)6-8-21-13)16-10-5-1-3-9-4-2-7-15-12(9)10/h1-8H,(H,16,18). The third kappa shape index (κ3) is 2.46. The zero-order chi connectivity index (χ0) is 14.8. The van der Waals surface area contributed by atoms with Gasteiger partial charge in [0.05, 0.1) is 16.1 Å². The van der Waals surface area contributed by atoms with E-state index in [0.29, 0.717) is 11.2 Å². The molecule has 3 rings (SSSR count).